The third kappa shape index (κ3) is 2.17. The highest BCUT2D eigenvalue weighted by molar-refractivity contribution is 14.1. The Labute approximate surface area is 99.1 Å². The number of nitro benzene ring substituents is 1. The van der Waals surface area contributed by atoms with Gasteiger partial charge in [-0.15, -0.1) is 0 Å². The summed E-state index contributed by atoms with van der Waals surface area (Å²) in [5, 5.41) is 10.5. The molecule has 0 aromatic heterocycles. The SMILES string of the molecule is O=[N+]([O-])c1c(Br)cc(Br)cc1I. The third-order valence-corrected chi connectivity index (χ3v) is 3.05. The van der Waals surface area contributed by atoms with Crippen molar-refractivity contribution >= 4 is 60.1 Å². The molecule has 0 aliphatic rings. The van der Waals surface area contributed by atoms with Gasteiger partial charge in [0.1, 0.15) is 0 Å². The topological polar surface area (TPSA) is 43.1 Å². The summed E-state index contributed by atoms with van der Waals surface area (Å²) in [5.41, 5.74) is 0.110. The molecule has 0 saturated carbocycles. The predicted molar refractivity (Wildman–Crippen MR) is 61.2 cm³/mol. The molecule has 0 N–H and O–H groups in total. The molecule has 0 aliphatic carbocycles. The first-order valence-corrected chi connectivity index (χ1v) is 5.48. The highest BCUT2D eigenvalue weighted by Gasteiger charge is 2.16. The zero-order valence-corrected chi connectivity index (χ0v) is 10.9. The molecule has 0 aliphatic heterocycles. The normalized spacial score (nSPS) is 9.92. The van der Waals surface area contributed by atoms with Gasteiger partial charge >= 0.3 is 0 Å². The lowest BCUT2D eigenvalue weighted by molar-refractivity contribution is -0.386. The van der Waals surface area contributed by atoms with Crippen LogP contribution in [0.15, 0.2) is 21.1 Å². The monoisotopic (exact) mass is 405 g/mol. The number of halogens is 3. The van der Waals surface area contributed by atoms with Crippen LogP contribution >= 0.6 is 54.5 Å². The Hall–Kier alpha value is 0.310. The lowest BCUT2D eigenvalue weighted by Gasteiger charge is -1.98. The fourth-order valence-corrected chi connectivity index (χ4v) is 3.70. The summed E-state index contributed by atoms with van der Waals surface area (Å²) < 4.78 is 1.93. The zero-order valence-electron chi connectivity index (χ0n) is 5.55. The smallest absolute Gasteiger partial charge is 0.258 e. The highest BCUT2D eigenvalue weighted by Crippen LogP contribution is 2.32. The van der Waals surface area contributed by atoms with E-state index in [9.17, 15) is 10.1 Å². The molecule has 0 fully saturated rings. The van der Waals surface area contributed by atoms with Gasteiger partial charge in [0.15, 0.2) is 0 Å². The molecule has 1 aromatic carbocycles. The summed E-state index contributed by atoms with van der Waals surface area (Å²) in [5.74, 6) is 0. The van der Waals surface area contributed by atoms with E-state index in [0.717, 1.165) is 4.47 Å². The lowest BCUT2D eigenvalue weighted by Crippen LogP contribution is -1.92. The molecule has 3 nitrogen and oxygen atoms in total. The Balaban J connectivity index is 3.38. The van der Waals surface area contributed by atoms with Crippen LogP contribution in [0.1, 0.15) is 0 Å². The van der Waals surface area contributed by atoms with Gasteiger partial charge in [-0.1, -0.05) is 15.9 Å². The van der Waals surface area contributed by atoms with Crippen molar-refractivity contribution in [2.24, 2.45) is 0 Å². The molecule has 0 unspecified atom stereocenters. The van der Waals surface area contributed by atoms with Gasteiger partial charge in [0.25, 0.3) is 5.69 Å². The van der Waals surface area contributed by atoms with E-state index >= 15 is 0 Å². The quantitative estimate of drug-likeness (QED) is 0.405. The zero-order chi connectivity index (χ0) is 9.30. The first-order valence-electron chi connectivity index (χ1n) is 2.81. The van der Waals surface area contributed by atoms with E-state index in [-0.39, 0.29) is 5.69 Å². The minimum absolute atomic E-state index is 0.110. The van der Waals surface area contributed by atoms with E-state index in [1.807, 2.05) is 22.6 Å². The lowest BCUT2D eigenvalue weighted by atomic mass is 10.3. The van der Waals surface area contributed by atoms with Crippen LogP contribution in [0.2, 0.25) is 0 Å². The van der Waals surface area contributed by atoms with Gasteiger partial charge in [-0.2, -0.15) is 0 Å². The van der Waals surface area contributed by atoms with Crippen molar-refractivity contribution in [3.8, 4) is 0 Å². The van der Waals surface area contributed by atoms with E-state index < -0.39 is 4.92 Å². The molecule has 0 spiro atoms. The van der Waals surface area contributed by atoms with Crippen LogP contribution < -0.4 is 0 Å². The Morgan fingerprint density at radius 3 is 2.42 bits per heavy atom. The minimum Gasteiger partial charge on any atom is -0.258 e. The molecular weight excluding hydrogens is 405 g/mol. The number of nitro groups is 1. The van der Waals surface area contributed by atoms with Crippen LogP contribution in [-0.4, -0.2) is 4.92 Å². The van der Waals surface area contributed by atoms with Crippen LogP contribution in [0.4, 0.5) is 5.69 Å². The molecule has 0 saturated heterocycles. The largest absolute Gasteiger partial charge is 0.296 e. The minimum atomic E-state index is -0.404. The summed E-state index contributed by atoms with van der Waals surface area (Å²) in [6, 6.07) is 3.35. The highest BCUT2D eigenvalue weighted by atomic mass is 127. The van der Waals surface area contributed by atoms with Gasteiger partial charge in [0, 0.05) is 4.47 Å². The molecule has 6 heteroatoms. The van der Waals surface area contributed by atoms with E-state index in [1.54, 1.807) is 12.1 Å². The summed E-state index contributed by atoms with van der Waals surface area (Å²) in [7, 11) is 0. The maximum absolute atomic E-state index is 10.5. The van der Waals surface area contributed by atoms with Crippen molar-refractivity contribution < 1.29 is 4.92 Å². The Kier molecular flexibility index (Phi) is 3.47. The first kappa shape index (κ1) is 10.4. The fourth-order valence-electron chi connectivity index (χ4n) is 0.709. The first-order chi connectivity index (χ1) is 5.52. The van der Waals surface area contributed by atoms with Crippen LogP contribution in [-0.2, 0) is 0 Å². The summed E-state index contributed by atoms with van der Waals surface area (Å²) in [6.45, 7) is 0. The van der Waals surface area contributed by atoms with Crippen molar-refractivity contribution in [2.45, 2.75) is 0 Å². The predicted octanol–water partition coefficient (Wildman–Crippen LogP) is 3.72. The van der Waals surface area contributed by atoms with Crippen LogP contribution in [0, 0.1) is 13.7 Å². The Morgan fingerprint density at radius 1 is 1.42 bits per heavy atom. The second kappa shape index (κ2) is 4.01. The van der Waals surface area contributed by atoms with Gasteiger partial charge < -0.3 is 0 Å². The molecule has 64 valence electrons. The number of hydrogen-bond acceptors (Lipinski definition) is 2. The number of hydrogen-bond donors (Lipinski definition) is 0. The molecule has 12 heavy (non-hydrogen) atoms. The number of rotatable bonds is 1. The maximum Gasteiger partial charge on any atom is 0.296 e. The molecule has 1 rings (SSSR count). The van der Waals surface area contributed by atoms with Crippen LogP contribution in [0.5, 0.6) is 0 Å². The van der Waals surface area contributed by atoms with E-state index in [4.69, 9.17) is 0 Å². The summed E-state index contributed by atoms with van der Waals surface area (Å²) in [6.07, 6.45) is 0. The Morgan fingerprint density at radius 2 is 2.00 bits per heavy atom. The molecule has 0 heterocycles. The van der Waals surface area contributed by atoms with E-state index in [2.05, 4.69) is 31.9 Å². The molecule has 0 bridgehead atoms. The average molecular weight is 407 g/mol. The van der Waals surface area contributed by atoms with Crippen LogP contribution in [0.25, 0.3) is 0 Å². The molecule has 0 radical (unpaired) electrons. The fraction of sp³-hybridized carbons (Fsp3) is 0. The van der Waals surface area contributed by atoms with Crippen LogP contribution in [0.3, 0.4) is 0 Å². The number of nitrogens with zero attached hydrogens (tertiary/aromatic N) is 1. The van der Waals surface area contributed by atoms with Gasteiger partial charge in [-0.25, -0.2) is 0 Å². The van der Waals surface area contributed by atoms with Gasteiger partial charge in [0.2, 0.25) is 0 Å². The van der Waals surface area contributed by atoms with Crippen molar-refractivity contribution in [2.75, 3.05) is 0 Å². The Bertz CT molecular complexity index is 319. The van der Waals surface area contributed by atoms with E-state index in [1.165, 1.54) is 0 Å². The molecular formula is C6H2Br2INO2. The van der Waals surface area contributed by atoms with Crippen molar-refractivity contribution in [3.63, 3.8) is 0 Å². The van der Waals surface area contributed by atoms with Gasteiger partial charge in [0.05, 0.1) is 13.0 Å². The summed E-state index contributed by atoms with van der Waals surface area (Å²) in [4.78, 5) is 10.1. The molecule has 0 amide bonds. The summed E-state index contributed by atoms with van der Waals surface area (Å²) >= 11 is 8.29. The number of benzene rings is 1. The van der Waals surface area contributed by atoms with Crippen molar-refractivity contribution in [1.29, 1.82) is 0 Å². The van der Waals surface area contributed by atoms with Gasteiger partial charge in [-0.05, 0) is 50.7 Å². The second-order valence-corrected chi connectivity index (χ2v) is 4.91. The molecule has 0 atom stereocenters. The molecule has 1 aromatic rings. The van der Waals surface area contributed by atoms with Crippen molar-refractivity contribution in [1.82, 2.24) is 0 Å². The maximum atomic E-state index is 10.5. The standard InChI is InChI=1S/C6H2Br2INO2/c7-3-1-4(8)6(10(11)12)5(9)2-3/h1-2H. The average Bonchev–Trinajstić information content (AvgIpc) is 1.82. The van der Waals surface area contributed by atoms with Gasteiger partial charge in [-0.3, -0.25) is 10.1 Å². The second-order valence-electron chi connectivity index (χ2n) is 1.98. The van der Waals surface area contributed by atoms with E-state index in [0.29, 0.717) is 8.04 Å². The van der Waals surface area contributed by atoms with Crippen molar-refractivity contribution in [3.05, 3.63) is 34.8 Å². The third-order valence-electron chi connectivity index (χ3n) is 1.16.